The Morgan fingerprint density at radius 2 is 2.35 bits per heavy atom. The number of nitrogens with two attached hydrogens (primary N) is 1. The summed E-state index contributed by atoms with van der Waals surface area (Å²) in [6.45, 7) is 3.44. The van der Waals surface area contributed by atoms with Gasteiger partial charge in [-0.3, -0.25) is 14.5 Å². The van der Waals surface area contributed by atoms with Crippen LogP contribution in [0.1, 0.15) is 28.7 Å². The highest BCUT2D eigenvalue weighted by Crippen LogP contribution is 2.06. The van der Waals surface area contributed by atoms with Crippen molar-refractivity contribution in [3.8, 4) is 0 Å². The van der Waals surface area contributed by atoms with E-state index in [9.17, 15) is 4.79 Å². The minimum Gasteiger partial charge on any atom is -0.345 e. The van der Waals surface area contributed by atoms with E-state index in [-0.39, 0.29) is 11.6 Å². The Labute approximate surface area is 117 Å². The van der Waals surface area contributed by atoms with Crippen molar-refractivity contribution in [2.75, 3.05) is 6.54 Å². The molecule has 0 aromatic carbocycles. The van der Waals surface area contributed by atoms with Gasteiger partial charge in [0.15, 0.2) is 5.69 Å². The van der Waals surface area contributed by atoms with E-state index in [1.165, 1.54) is 0 Å². The van der Waals surface area contributed by atoms with Crippen LogP contribution in [0.25, 0.3) is 0 Å². The molecule has 0 aliphatic rings. The average Bonchev–Trinajstić information content (AvgIpc) is 2.94. The summed E-state index contributed by atoms with van der Waals surface area (Å²) in [5, 5.41) is 10.4. The molecule has 0 radical (unpaired) electrons. The van der Waals surface area contributed by atoms with Gasteiger partial charge in [-0.15, -0.1) is 5.10 Å². The van der Waals surface area contributed by atoms with Gasteiger partial charge in [0.2, 0.25) is 0 Å². The quantitative estimate of drug-likeness (QED) is 0.779. The van der Waals surface area contributed by atoms with Crippen LogP contribution < -0.4 is 11.1 Å². The Morgan fingerprint density at radius 3 is 3.10 bits per heavy atom. The second-order valence-electron chi connectivity index (χ2n) is 4.30. The number of hydrogen-bond donors (Lipinski definition) is 2. The largest absolute Gasteiger partial charge is 0.345 e. The molecule has 0 saturated heterocycles. The summed E-state index contributed by atoms with van der Waals surface area (Å²) in [6.07, 6.45) is 4.19. The predicted molar refractivity (Wildman–Crippen MR) is 73.9 cm³/mol. The number of aromatic nitrogens is 4. The number of hydrogen-bond acceptors (Lipinski definition) is 5. The molecule has 0 bridgehead atoms. The molecule has 1 amide bonds. The molecule has 0 saturated carbocycles. The van der Waals surface area contributed by atoms with Gasteiger partial charge in [-0.2, -0.15) is 0 Å². The van der Waals surface area contributed by atoms with Gasteiger partial charge in [0.05, 0.1) is 25.0 Å². The van der Waals surface area contributed by atoms with Crippen molar-refractivity contribution in [3.63, 3.8) is 0 Å². The third-order valence-corrected chi connectivity index (χ3v) is 2.91. The molecule has 3 N–H and O–H groups in total. The van der Waals surface area contributed by atoms with Crippen LogP contribution in [0.2, 0.25) is 0 Å². The lowest BCUT2D eigenvalue weighted by Gasteiger charge is -2.06. The van der Waals surface area contributed by atoms with Gasteiger partial charge in [-0.25, -0.2) is 0 Å². The summed E-state index contributed by atoms with van der Waals surface area (Å²) in [5.41, 5.74) is 7.70. The number of amides is 1. The molecule has 7 nitrogen and oxygen atoms in total. The number of nitrogens with one attached hydrogen (secondary N) is 1. The van der Waals surface area contributed by atoms with Gasteiger partial charge < -0.3 is 11.1 Å². The molecule has 20 heavy (non-hydrogen) atoms. The predicted octanol–water partition coefficient (Wildman–Crippen LogP) is 0.124. The Kier molecular flexibility index (Phi) is 4.78. The second kappa shape index (κ2) is 6.76. The topological polar surface area (TPSA) is 98.7 Å². The van der Waals surface area contributed by atoms with Crippen molar-refractivity contribution in [3.05, 3.63) is 41.5 Å². The fourth-order valence-corrected chi connectivity index (χ4v) is 1.85. The Morgan fingerprint density at radius 1 is 1.50 bits per heavy atom. The number of aryl methyl sites for hydroxylation is 1. The van der Waals surface area contributed by atoms with Crippen LogP contribution in [0.4, 0.5) is 0 Å². The molecular formula is C13H18N6O. The van der Waals surface area contributed by atoms with Crippen LogP contribution in [0.5, 0.6) is 0 Å². The summed E-state index contributed by atoms with van der Waals surface area (Å²) in [7, 11) is 0. The zero-order valence-corrected chi connectivity index (χ0v) is 11.4. The lowest BCUT2D eigenvalue weighted by Crippen LogP contribution is -2.24. The molecule has 7 heteroatoms. The van der Waals surface area contributed by atoms with Crippen molar-refractivity contribution >= 4 is 5.91 Å². The lowest BCUT2D eigenvalue weighted by atomic mass is 10.1. The monoisotopic (exact) mass is 274 g/mol. The van der Waals surface area contributed by atoms with Crippen LogP contribution in [0.3, 0.4) is 0 Å². The zero-order chi connectivity index (χ0) is 14.4. The van der Waals surface area contributed by atoms with Crippen LogP contribution in [0.15, 0.2) is 24.5 Å². The second-order valence-corrected chi connectivity index (χ2v) is 4.30. The molecule has 2 heterocycles. The van der Waals surface area contributed by atoms with Gasteiger partial charge >= 0.3 is 0 Å². The minimum absolute atomic E-state index is 0.263. The summed E-state index contributed by atoms with van der Waals surface area (Å²) in [5.74, 6) is -0.263. The minimum atomic E-state index is -0.263. The average molecular weight is 274 g/mol. The standard InChI is InChI=1S/C13H18N6O/c1-2-10-4-3-6-15-11(10)8-16-13(20)12-9-19(7-5-14)18-17-12/h3-4,6,9H,2,5,7-8,14H2,1H3,(H,16,20). The Balaban J connectivity index is 1.97. The highest BCUT2D eigenvalue weighted by atomic mass is 16.2. The maximum Gasteiger partial charge on any atom is 0.273 e. The highest BCUT2D eigenvalue weighted by Gasteiger charge is 2.11. The first-order valence-corrected chi connectivity index (χ1v) is 6.55. The summed E-state index contributed by atoms with van der Waals surface area (Å²) >= 11 is 0. The van der Waals surface area contributed by atoms with E-state index in [1.54, 1.807) is 17.1 Å². The van der Waals surface area contributed by atoms with E-state index in [0.29, 0.717) is 19.6 Å². The SMILES string of the molecule is CCc1cccnc1CNC(=O)c1cn(CCN)nn1. The number of pyridine rings is 1. The number of nitrogens with zero attached hydrogens (tertiary/aromatic N) is 4. The van der Waals surface area contributed by atoms with Crippen LogP contribution in [-0.2, 0) is 19.5 Å². The van der Waals surface area contributed by atoms with Crippen molar-refractivity contribution in [1.82, 2.24) is 25.3 Å². The number of rotatable bonds is 6. The molecule has 0 spiro atoms. The van der Waals surface area contributed by atoms with E-state index in [2.05, 4.69) is 27.5 Å². The fourth-order valence-electron chi connectivity index (χ4n) is 1.85. The van der Waals surface area contributed by atoms with Gasteiger partial charge in [0.25, 0.3) is 5.91 Å². The fraction of sp³-hybridized carbons (Fsp3) is 0.385. The normalized spacial score (nSPS) is 10.5. The number of carbonyl (C=O) groups is 1. The third-order valence-electron chi connectivity index (χ3n) is 2.91. The molecule has 2 rings (SSSR count). The molecule has 106 valence electrons. The van der Waals surface area contributed by atoms with Gasteiger partial charge in [0.1, 0.15) is 0 Å². The van der Waals surface area contributed by atoms with E-state index >= 15 is 0 Å². The first-order chi connectivity index (χ1) is 9.74. The van der Waals surface area contributed by atoms with E-state index in [0.717, 1.165) is 17.7 Å². The molecular weight excluding hydrogens is 256 g/mol. The summed E-state index contributed by atoms with van der Waals surface area (Å²) in [4.78, 5) is 16.2. The maximum absolute atomic E-state index is 11.9. The van der Waals surface area contributed by atoms with Gasteiger partial charge in [0, 0.05) is 12.7 Å². The summed E-state index contributed by atoms with van der Waals surface area (Å²) < 4.78 is 1.55. The molecule has 0 fully saturated rings. The van der Waals surface area contributed by atoms with E-state index < -0.39 is 0 Å². The van der Waals surface area contributed by atoms with E-state index in [1.807, 2.05) is 12.1 Å². The maximum atomic E-state index is 11.9. The third kappa shape index (κ3) is 3.39. The highest BCUT2D eigenvalue weighted by molar-refractivity contribution is 5.91. The lowest BCUT2D eigenvalue weighted by molar-refractivity contribution is 0.0945. The molecule has 2 aromatic rings. The van der Waals surface area contributed by atoms with Gasteiger partial charge in [-0.1, -0.05) is 18.2 Å². The summed E-state index contributed by atoms with van der Waals surface area (Å²) in [6, 6.07) is 3.90. The van der Waals surface area contributed by atoms with Crippen LogP contribution in [0, 0.1) is 0 Å². The molecule has 0 atom stereocenters. The molecule has 2 aromatic heterocycles. The number of carbonyl (C=O) groups excluding carboxylic acids is 1. The van der Waals surface area contributed by atoms with Crippen molar-refractivity contribution in [2.24, 2.45) is 5.73 Å². The molecule has 0 unspecified atom stereocenters. The van der Waals surface area contributed by atoms with Crippen LogP contribution in [-0.4, -0.2) is 32.4 Å². The molecule has 0 aliphatic carbocycles. The first-order valence-electron chi connectivity index (χ1n) is 6.55. The zero-order valence-electron chi connectivity index (χ0n) is 11.4. The van der Waals surface area contributed by atoms with Crippen molar-refractivity contribution in [1.29, 1.82) is 0 Å². The van der Waals surface area contributed by atoms with E-state index in [4.69, 9.17) is 5.73 Å². The molecule has 0 aliphatic heterocycles. The van der Waals surface area contributed by atoms with Gasteiger partial charge in [-0.05, 0) is 18.1 Å². The smallest absolute Gasteiger partial charge is 0.273 e. The Hall–Kier alpha value is -2.28. The first kappa shape index (κ1) is 14.1. The van der Waals surface area contributed by atoms with Crippen molar-refractivity contribution in [2.45, 2.75) is 26.4 Å². The Bertz CT molecular complexity index is 580. The van der Waals surface area contributed by atoms with Crippen molar-refractivity contribution < 1.29 is 4.79 Å². The van der Waals surface area contributed by atoms with Crippen LogP contribution >= 0.6 is 0 Å².